The summed E-state index contributed by atoms with van der Waals surface area (Å²) in [6.45, 7) is 0.702. The molecule has 2 rings (SSSR count). The van der Waals surface area contributed by atoms with Crippen molar-refractivity contribution in [3.05, 3.63) is 32.0 Å². The monoisotopic (exact) mass is 291 g/mol. The fraction of sp³-hybridized carbons (Fsp3) is 0.125. The quantitative estimate of drug-likeness (QED) is 0.925. The van der Waals surface area contributed by atoms with Crippen LogP contribution in [0, 0.1) is 0 Å². The Morgan fingerprint density at radius 1 is 1.57 bits per heavy atom. The van der Waals surface area contributed by atoms with Gasteiger partial charge in [0.05, 0.1) is 10.3 Å². The zero-order chi connectivity index (χ0) is 10.1. The van der Waals surface area contributed by atoms with Crippen molar-refractivity contribution >= 4 is 44.7 Å². The van der Waals surface area contributed by atoms with E-state index in [-0.39, 0.29) is 0 Å². The molecule has 0 aliphatic heterocycles. The molecule has 0 bridgehead atoms. The Labute approximate surface area is 98.6 Å². The molecular weight excluding hydrogens is 286 g/mol. The molecule has 6 heteroatoms. The highest BCUT2D eigenvalue weighted by Gasteiger charge is 2.04. The Balaban J connectivity index is 2.18. The Bertz CT molecular complexity index is 432. The van der Waals surface area contributed by atoms with Crippen molar-refractivity contribution in [2.45, 2.75) is 6.54 Å². The van der Waals surface area contributed by atoms with Crippen LogP contribution in [0.15, 0.2) is 22.1 Å². The lowest BCUT2D eigenvalue weighted by molar-refractivity contribution is 0.698. The minimum atomic E-state index is 0.377. The topological polar surface area (TPSA) is 43.8 Å². The van der Waals surface area contributed by atoms with E-state index in [0.29, 0.717) is 17.4 Å². The van der Waals surface area contributed by atoms with Gasteiger partial charge in [-0.15, -0.1) is 11.3 Å². The Hall–Kier alpha value is -0.520. The summed E-state index contributed by atoms with van der Waals surface area (Å²) in [6.07, 6.45) is 1.73. The molecule has 0 aromatic carbocycles. The molecule has 0 aliphatic carbocycles. The first-order valence-corrected chi connectivity index (χ1v) is 5.86. The van der Waals surface area contributed by atoms with E-state index in [9.17, 15) is 0 Å². The first kappa shape index (κ1) is 10.0. The molecular formula is C8H7BrClN3S. The van der Waals surface area contributed by atoms with Gasteiger partial charge in [-0.05, 0) is 28.1 Å². The second-order valence-corrected chi connectivity index (χ2v) is 5.72. The van der Waals surface area contributed by atoms with E-state index in [1.165, 1.54) is 4.88 Å². The van der Waals surface area contributed by atoms with Crippen LogP contribution < -0.4 is 5.73 Å². The number of thiophene rings is 1. The van der Waals surface area contributed by atoms with Crippen molar-refractivity contribution in [2.24, 2.45) is 0 Å². The van der Waals surface area contributed by atoms with Gasteiger partial charge in [0, 0.05) is 11.1 Å². The minimum Gasteiger partial charge on any atom is -0.381 e. The van der Waals surface area contributed by atoms with Gasteiger partial charge in [0.1, 0.15) is 5.02 Å². The average Bonchev–Trinajstić information content (AvgIpc) is 2.62. The molecule has 74 valence electrons. The van der Waals surface area contributed by atoms with E-state index in [4.69, 9.17) is 17.3 Å². The molecule has 2 heterocycles. The van der Waals surface area contributed by atoms with Crippen molar-refractivity contribution in [1.82, 2.24) is 9.78 Å². The van der Waals surface area contributed by atoms with E-state index in [0.717, 1.165) is 3.79 Å². The number of nitrogen functional groups attached to an aromatic ring is 1. The van der Waals surface area contributed by atoms with Gasteiger partial charge in [-0.1, -0.05) is 11.6 Å². The molecule has 0 aliphatic rings. The highest BCUT2D eigenvalue weighted by Crippen LogP contribution is 2.23. The van der Waals surface area contributed by atoms with Crippen LogP contribution in [-0.2, 0) is 6.54 Å². The third-order valence-corrected chi connectivity index (χ3v) is 3.59. The van der Waals surface area contributed by atoms with Crippen LogP contribution in [-0.4, -0.2) is 9.78 Å². The number of nitrogens with zero attached hydrogens (tertiary/aromatic N) is 2. The first-order chi connectivity index (χ1) is 6.65. The van der Waals surface area contributed by atoms with Crippen molar-refractivity contribution in [3.63, 3.8) is 0 Å². The van der Waals surface area contributed by atoms with Crippen LogP contribution in [0.4, 0.5) is 5.82 Å². The van der Waals surface area contributed by atoms with Gasteiger partial charge in [-0.3, -0.25) is 4.68 Å². The Kier molecular flexibility index (Phi) is 2.80. The number of halogens is 2. The lowest BCUT2D eigenvalue weighted by Gasteiger charge is -1.96. The molecule has 0 amide bonds. The van der Waals surface area contributed by atoms with Gasteiger partial charge in [0.25, 0.3) is 0 Å². The summed E-state index contributed by atoms with van der Waals surface area (Å²) in [5, 5.41) is 4.57. The van der Waals surface area contributed by atoms with Crippen molar-refractivity contribution in [1.29, 1.82) is 0 Å². The zero-order valence-electron chi connectivity index (χ0n) is 7.08. The number of nitrogens with two attached hydrogens (primary N) is 1. The molecule has 2 aromatic rings. The van der Waals surface area contributed by atoms with Crippen LogP contribution >= 0.6 is 38.9 Å². The summed E-state index contributed by atoms with van der Waals surface area (Å²) in [4.78, 5) is 1.20. The standard InChI is InChI=1S/C8H7BrClN3S/c9-7-2-1-5(14-7)3-13-4-6(10)8(11)12-13/h1-2,4H,3H2,(H2,11,12). The summed E-state index contributed by atoms with van der Waals surface area (Å²) in [7, 11) is 0. The number of hydrogen-bond acceptors (Lipinski definition) is 3. The number of rotatable bonds is 2. The maximum atomic E-state index is 5.79. The van der Waals surface area contributed by atoms with Crippen molar-refractivity contribution in [2.75, 3.05) is 5.73 Å². The molecule has 0 unspecified atom stereocenters. The molecule has 3 nitrogen and oxygen atoms in total. The van der Waals surface area contributed by atoms with Crippen LogP contribution in [0.25, 0.3) is 0 Å². The highest BCUT2D eigenvalue weighted by atomic mass is 79.9. The lowest BCUT2D eigenvalue weighted by Crippen LogP contribution is -1.99. The van der Waals surface area contributed by atoms with Crippen molar-refractivity contribution in [3.8, 4) is 0 Å². The Morgan fingerprint density at radius 3 is 2.86 bits per heavy atom. The van der Waals surface area contributed by atoms with E-state index in [1.807, 2.05) is 12.1 Å². The maximum Gasteiger partial charge on any atom is 0.164 e. The fourth-order valence-corrected chi connectivity index (χ4v) is 2.72. The second-order valence-electron chi connectivity index (χ2n) is 2.77. The average molecular weight is 293 g/mol. The molecule has 0 spiro atoms. The number of hydrogen-bond donors (Lipinski definition) is 1. The molecule has 2 N–H and O–H groups in total. The van der Waals surface area contributed by atoms with E-state index >= 15 is 0 Å². The maximum absolute atomic E-state index is 5.79. The number of anilines is 1. The molecule has 2 aromatic heterocycles. The predicted molar refractivity (Wildman–Crippen MR) is 62.8 cm³/mol. The molecule has 0 saturated carbocycles. The summed E-state index contributed by atoms with van der Waals surface area (Å²) in [5.74, 6) is 0.377. The van der Waals surface area contributed by atoms with Crippen molar-refractivity contribution < 1.29 is 0 Å². The Morgan fingerprint density at radius 2 is 2.36 bits per heavy atom. The van der Waals surface area contributed by atoms with Gasteiger partial charge in [0.2, 0.25) is 0 Å². The molecule has 0 radical (unpaired) electrons. The minimum absolute atomic E-state index is 0.377. The van der Waals surface area contributed by atoms with E-state index in [1.54, 1.807) is 22.2 Å². The summed E-state index contributed by atoms with van der Waals surface area (Å²) < 4.78 is 2.84. The van der Waals surface area contributed by atoms with Gasteiger partial charge >= 0.3 is 0 Å². The van der Waals surface area contributed by atoms with E-state index < -0.39 is 0 Å². The van der Waals surface area contributed by atoms with Crippen LogP contribution in [0.2, 0.25) is 5.02 Å². The van der Waals surface area contributed by atoms with Gasteiger partial charge < -0.3 is 5.73 Å². The van der Waals surface area contributed by atoms with E-state index in [2.05, 4.69) is 21.0 Å². The normalized spacial score (nSPS) is 10.7. The smallest absolute Gasteiger partial charge is 0.164 e. The predicted octanol–water partition coefficient (Wildman–Crippen LogP) is 2.99. The largest absolute Gasteiger partial charge is 0.381 e. The summed E-state index contributed by atoms with van der Waals surface area (Å²) >= 11 is 10.9. The van der Waals surface area contributed by atoms with Crippen LogP contribution in [0.5, 0.6) is 0 Å². The van der Waals surface area contributed by atoms with Gasteiger partial charge in [-0.2, -0.15) is 5.10 Å². The summed E-state index contributed by atoms with van der Waals surface area (Å²) in [5.41, 5.74) is 5.53. The molecule has 0 fully saturated rings. The fourth-order valence-electron chi connectivity index (χ4n) is 1.09. The first-order valence-electron chi connectivity index (χ1n) is 3.88. The molecule has 0 atom stereocenters. The zero-order valence-corrected chi connectivity index (χ0v) is 10.2. The number of aromatic nitrogens is 2. The van der Waals surface area contributed by atoms with Crippen LogP contribution in [0.1, 0.15) is 4.88 Å². The van der Waals surface area contributed by atoms with Crippen LogP contribution in [0.3, 0.4) is 0 Å². The second kappa shape index (κ2) is 3.92. The molecule has 0 saturated heterocycles. The SMILES string of the molecule is Nc1nn(Cc2ccc(Br)s2)cc1Cl. The third-order valence-electron chi connectivity index (χ3n) is 1.69. The summed E-state index contributed by atoms with van der Waals surface area (Å²) in [6, 6.07) is 4.05. The third kappa shape index (κ3) is 2.10. The van der Waals surface area contributed by atoms with Gasteiger partial charge in [-0.25, -0.2) is 0 Å². The molecule has 14 heavy (non-hydrogen) atoms. The lowest BCUT2D eigenvalue weighted by atomic mass is 10.5. The van der Waals surface area contributed by atoms with Gasteiger partial charge in [0.15, 0.2) is 5.82 Å². The highest BCUT2D eigenvalue weighted by molar-refractivity contribution is 9.11.